The number of carbonyl (C=O) groups excluding carboxylic acids is 6. The molecule has 1 unspecified atom stereocenters. The summed E-state index contributed by atoms with van der Waals surface area (Å²) < 4.78 is 52.6. The highest BCUT2D eigenvalue weighted by atomic mass is 35.5. The first-order chi connectivity index (χ1) is 32.4. The monoisotopic (exact) mass is 951 g/mol. The van der Waals surface area contributed by atoms with E-state index in [0.717, 1.165) is 4.90 Å². The topological polar surface area (TPSA) is 236 Å². The summed E-state index contributed by atoms with van der Waals surface area (Å²) in [5.41, 5.74) is -1.18. The normalized spacial score (nSPS) is 16.3. The number of aromatic nitrogens is 3. The highest BCUT2D eigenvalue weighted by Crippen LogP contribution is 2.33. The number of aromatic amines is 1. The largest absolute Gasteiger partial charge is 0.487 e. The summed E-state index contributed by atoms with van der Waals surface area (Å²) in [6.07, 6.45) is 3.36. The minimum absolute atomic E-state index is 0.0368. The van der Waals surface area contributed by atoms with Crippen LogP contribution in [0.25, 0.3) is 11.3 Å². The predicted molar refractivity (Wildman–Crippen MR) is 236 cm³/mol. The molecule has 2 fully saturated rings. The van der Waals surface area contributed by atoms with Gasteiger partial charge in [-0.05, 0) is 55.0 Å². The van der Waals surface area contributed by atoms with Gasteiger partial charge in [0.05, 0.1) is 81.7 Å². The molecule has 67 heavy (non-hydrogen) atoms. The van der Waals surface area contributed by atoms with Gasteiger partial charge in [-0.2, -0.15) is 5.10 Å². The smallest absolute Gasteiger partial charge is 0.420 e. The number of piperazine rings is 1. The fourth-order valence-electron chi connectivity index (χ4n) is 7.55. The van der Waals surface area contributed by atoms with E-state index in [1.807, 2.05) is 4.90 Å². The molecule has 20 nitrogen and oxygen atoms in total. The lowest BCUT2D eigenvalue weighted by atomic mass is 10.0. The standard InChI is InChI=1S/C44H48ClF2N9O11/c45-44(46,47)67-30-6-4-29(5-7-30)51-40(59)28-26-32(33-10-12-50-53-33)39(49-27-28)55-16-14-54(15-17-55)37(58)11-18-63-20-22-65-24-25-66-23-21-64-19-13-48-34-3-1-2-31-38(34)43(62)56(42(31)61)35-8-9-36(57)52-41(35)60/h1-7,10,12,26-27,35,48H,8-9,11,13-25H2,(H,50,53)(H,51,59)(H,52,57,60). The van der Waals surface area contributed by atoms with Gasteiger partial charge in [-0.15, -0.1) is 8.78 Å². The number of rotatable bonds is 23. The van der Waals surface area contributed by atoms with Crippen LogP contribution in [0.3, 0.4) is 0 Å². The van der Waals surface area contributed by atoms with Gasteiger partial charge in [0.1, 0.15) is 17.6 Å². The fraction of sp³-hybridized carbons (Fsp3) is 0.409. The second-order valence-electron chi connectivity index (χ2n) is 15.3. The Balaban J connectivity index is 0.724. The molecule has 2 saturated heterocycles. The van der Waals surface area contributed by atoms with Crippen LogP contribution in [0.4, 0.5) is 26.0 Å². The van der Waals surface area contributed by atoms with Crippen molar-refractivity contribution in [2.45, 2.75) is 30.9 Å². The van der Waals surface area contributed by atoms with E-state index in [4.69, 9.17) is 30.5 Å². The third-order valence-corrected chi connectivity index (χ3v) is 10.9. The molecule has 1 atom stereocenters. The Hall–Kier alpha value is -6.59. The van der Waals surface area contributed by atoms with Crippen LogP contribution in [0.15, 0.2) is 67.0 Å². The van der Waals surface area contributed by atoms with Crippen molar-refractivity contribution in [3.8, 4) is 17.0 Å². The Kier molecular flexibility index (Phi) is 16.4. The zero-order valence-corrected chi connectivity index (χ0v) is 36.9. The molecule has 4 N–H and O–H groups in total. The van der Waals surface area contributed by atoms with Crippen molar-refractivity contribution in [1.29, 1.82) is 0 Å². The van der Waals surface area contributed by atoms with Crippen molar-refractivity contribution < 1.29 is 61.2 Å². The van der Waals surface area contributed by atoms with Crippen LogP contribution in [-0.2, 0) is 33.3 Å². The molecule has 7 rings (SSSR count). The van der Waals surface area contributed by atoms with E-state index >= 15 is 0 Å². The summed E-state index contributed by atoms with van der Waals surface area (Å²) in [6, 6.07) is 12.6. The molecule has 23 heteroatoms. The Bertz CT molecular complexity index is 2400. The number of anilines is 3. The first-order valence-corrected chi connectivity index (χ1v) is 21.8. The van der Waals surface area contributed by atoms with Gasteiger partial charge in [0.25, 0.3) is 17.7 Å². The van der Waals surface area contributed by atoms with Gasteiger partial charge < -0.3 is 44.1 Å². The van der Waals surface area contributed by atoms with Crippen molar-refractivity contribution in [2.75, 3.05) is 101 Å². The van der Waals surface area contributed by atoms with Crippen LogP contribution in [-0.4, -0.2) is 158 Å². The molecule has 0 bridgehead atoms. The van der Waals surface area contributed by atoms with E-state index < -0.39 is 41.1 Å². The molecule has 2 aromatic heterocycles. The number of H-pyrrole nitrogens is 1. The van der Waals surface area contributed by atoms with Crippen molar-refractivity contribution >= 4 is 64.2 Å². The first kappa shape index (κ1) is 48.3. The van der Waals surface area contributed by atoms with E-state index in [1.165, 1.54) is 36.5 Å². The number of hydrogen-bond donors (Lipinski definition) is 4. The van der Waals surface area contributed by atoms with Gasteiger partial charge in [0.15, 0.2) is 0 Å². The quantitative estimate of drug-likeness (QED) is 0.0473. The van der Waals surface area contributed by atoms with Crippen LogP contribution in [0.1, 0.15) is 50.3 Å². The molecule has 6 amide bonds. The predicted octanol–water partition coefficient (Wildman–Crippen LogP) is 3.51. The van der Waals surface area contributed by atoms with Gasteiger partial charge in [0, 0.05) is 80.1 Å². The third-order valence-electron chi connectivity index (χ3n) is 10.8. The van der Waals surface area contributed by atoms with Crippen molar-refractivity contribution in [3.05, 3.63) is 83.7 Å². The maximum atomic E-state index is 13.2. The average molecular weight is 952 g/mol. The summed E-state index contributed by atoms with van der Waals surface area (Å²) in [5, 5.41) is 15.0. The number of amides is 6. The molecular weight excluding hydrogens is 904 g/mol. The Morgan fingerprint density at radius 2 is 1.52 bits per heavy atom. The van der Waals surface area contributed by atoms with Crippen LogP contribution in [0.5, 0.6) is 5.75 Å². The molecule has 4 aromatic rings. The Morgan fingerprint density at radius 3 is 2.18 bits per heavy atom. The van der Waals surface area contributed by atoms with Crippen molar-refractivity contribution in [3.63, 3.8) is 0 Å². The highest BCUT2D eigenvalue weighted by molar-refractivity contribution is 6.25. The van der Waals surface area contributed by atoms with E-state index in [-0.39, 0.29) is 54.2 Å². The number of nitrogens with zero attached hydrogens (tertiary/aromatic N) is 5. The van der Waals surface area contributed by atoms with Gasteiger partial charge in [-0.3, -0.25) is 44.1 Å². The molecule has 0 aliphatic carbocycles. The first-order valence-electron chi connectivity index (χ1n) is 21.5. The van der Waals surface area contributed by atoms with E-state index in [2.05, 4.69) is 35.9 Å². The minimum atomic E-state index is -3.86. The lowest BCUT2D eigenvalue weighted by molar-refractivity contribution is -0.136. The lowest BCUT2D eigenvalue weighted by Gasteiger charge is -2.36. The fourth-order valence-corrected chi connectivity index (χ4v) is 7.64. The molecule has 3 aliphatic heterocycles. The second-order valence-corrected chi connectivity index (χ2v) is 15.7. The van der Waals surface area contributed by atoms with E-state index in [1.54, 1.807) is 35.4 Å². The van der Waals surface area contributed by atoms with Crippen molar-refractivity contribution in [2.24, 2.45) is 0 Å². The number of imide groups is 2. The van der Waals surface area contributed by atoms with Crippen LogP contribution in [0, 0.1) is 0 Å². The molecule has 5 heterocycles. The number of ether oxygens (including phenoxy) is 5. The van der Waals surface area contributed by atoms with Gasteiger partial charge >= 0.3 is 5.57 Å². The van der Waals surface area contributed by atoms with Gasteiger partial charge in [-0.25, -0.2) is 4.98 Å². The number of carbonyl (C=O) groups is 6. The number of alkyl halides is 3. The van der Waals surface area contributed by atoms with Crippen LogP contribution < -0.4 is 25.6 Å². The second kappa shape index (κ2) is 22.7. The van der Waals surface area contributed by atoms with Crippen molar-refractivity contribution in [1.82, 2.24) is 30.3 Å². The minimum Gasteiger partial charge on any atom is -0.420 e. The van der Waals surface area contributed by atoms with Crippen LogP contribution in [0.2, 0.25) is 0 Å². The molecule has 3 aliphatic rings. The number of benzene rings is 2. The summed E-state index contributed by atoms with van der Waals surface area (Å²) in [4.78, 5) is 85.6. The van der Waals surface area contributed by atoms with Gasteiger partial charge in [0.2, 0.25) is 17.7 Å². The average Bonchev–Trinajstić information content (AvgIpc) is 3.94. The summed E-state index contributed by atoms with van der Waals surface area (Å²) in [5.74, 6) is -2.33. The SMILES string of the molecule is O=C1CCC(N2C(=O)c3cccc(NCCOCCOCCOCCOCCC(=O)N4CCN(c5ncc(C(=O)Nc6ccc(OC(F)(F)Cl)cc6)cc5-c5ccn[nH]5)CC4)c3C2=O)C(=O)N1. The Morgan fingerprint density at radius 1 is 0.836 bits per heavy atom. The number of piperidine rings is 1. The number of hydrogen-bond acceptors (Lipinski definition) is 15. The third kappa shape index (κ3) is 12.9. The number of pyridine rings is 1. The Labute approximate surface area is 387 Å². The zero-order chi connectivity index (χ0) is 47.3. The number of fused-ring (bicyclic) bond motifs is 1. The molecule has 0 saturated carbocycles. The molecule has 0 spiro atoms. The molecular formula is C44H48ClF2N9O11. The highest BCUT2D eigenvalue weighted by Gasteiger charge is 2.45. The van der Waals surface area contributed by atoms with Gasteiger partial charge in [-0.1, -0.05) is 6.07 Å². The lowest BCUT2D eigenvalue weighted by Crippen LogP contribution is -2.54. The molecule has 0 radical (unpaired) electrons. The zero-order valence-electron chi connectivity index (χ0n) is 36.1. The molecule has 356 valence electrons. The number of nitrogens with one attached hydrogen (secondary N) is 4. The maximum Gasteiger partial charge on any atom is 0.487 e. The maximum absolute atomic E-state index is 13.2. The van der Waals surface area contributed by atoms with Crippen LogP contribution >= 0.6 is 11.6 Å². The summed E-state index contributed by atoms with van der Waals surface area (Å²) >= 11 is 4.82. The number of halogens is 3. The summed E-state index contributed by atoms with van der Waals surface area (Å²) in [6.45, 7) is 4.78. The van der Waals surface area contributed by atoms with E-state index in [9.17, 15) is 37.5 Å². The molecule has 2 aromatic carbocycles. The van der Waals surface area contributed by atoms with E-state index in [0.29, 0.717) is 107 Å². The summed E-state index contributed by atoms with van der Waals surface area (Å²) in [7, 11) is 0.